The van der Waals surface area contributed by atoms with Crippen LogP contribution in [0, 0.1) is 5.41 Å². The van der Waals surface area contributed by atoms with Crippen LogP contribution in [0.2, 0.25) is 0 Å². The molecule has 1 saturated carbocycles. The first kappa shape index (κ1) is 17.5. The first-order valence-electron chi connectivity index (χ1n) is 7.84. The predicted octanol–water partition coefficient (Wildman–Crippen LogP) is 3.57. The summed E-state index contributed by atoms with van der Waals surface area (Å²) in [5, 5.41) is 7.17. The van der Waals surface area contributed by atoms with Crippen LogP contribution in [0.5, 0.6) is 0 Å². The number of halogens is 1. The molecule has 1 aliphatic carbocycles. The SMILES string of the molecule is CCO[C@@H]1C[C@@H](N(C)C(=O)c2n[nH]c(C(C)C)c2Br)C1(C)C. The van der Waals surface area contributed by atoms with E-state index in [0.717, 1.165) is 16.6 Å². The monoisotopic (exact) mass is 371 g/mol. The number of hydrogen-bond acceptors (Lipinski definition) is 3. The third-order valence-electron chi connectivity index (χ3n) is 4.79. The number of carbonyl (C=O) groups is 1. The molecular formula is C16H26BrN3O2. The van der Waals surface area contributed by atoms with E-state index >= 15 is 0 Å². The van der Waals surface area contributed by atoms with E-state index in [1.54, 1.807) is 4.90 Å². The van der Waals surface area contributed by atoms with Crippen molar-refractivity contribution in [1.29, 1.82) is 0 Å². The quantitative estimate of drug-likeness (QED) is 0.860. The van der Waals surface area contributed by atoms with Gasteiger partial charge in [-0.1, -0.05) is 27.7 Å². The third kappa shape index (κ3) is 2.83. The second-order valence-electron chi connectivity index (χ2n) is 6.89. The molecule has 124 valence electrons. The molecule has 1 N–H and O–H groups in total. The maximum atomic E-state index is 12.8. The molecule has 1 heterocycles. The van der Waals surface area contributed by atoms with Gasteiger partial charge in [0.2, 0.25) is 0 Å². The van der Waals surface area contributed by atoms with Gasteiger partial charge in [-0.2, -0.15) is 5.10 Å². The van der Waals surface area contributed by atoms with Crippen LogP contribution in [0.1, 0.15) is 63.1 Å². The molecule has 2 rings (SSSR count). The van der Waals surface area contributed by atoms with E-state index in [0.29, 0.717) is 12.3 Å². The summed E-state index contributed by atoms with van der Waals surface area (Å²) >= 11 is 3.51. The number of nitrogens with zero attached hydrogens (tertiary/aromatic N) is 2. The van der Waals surface area contributed by atoms with Crippen molar-refractivity contribution in [3.8, 4) is 0 Å². The molecule has 1 fully saturated rings. The molecular weight excluding hydrogens is 346 g/mol. The number of carbonyl (C=O) groups excluding carboxylic acids is 1. The highest BCUT2D eigenvalue weighted by atomic mass is 79.9. The van der Waals surface area contributed by atoms with Gasteiger partial charge < -0.3 is 9.64 Å². The molecule has 1 aliphatic rings. The number of aromatic nitrogens is 2. The summed E-state index contributed by atoms with van der Waals surface area (Å²) in [6.45, 7) is 11.2. The molecule has 1 aromatic heterocycles. The normalized spacial score (nSPS) is 23.5. The lowest BCUT2D eigenvalue weighted by Gasteiger charge is -2.54. The second kappa shape index (κ2) is 6.32. The molecule has 0 unspecified atom stereocenters. The van der Waals surface area contributed by atoms with Gasteiger partial charge in [-0.05, 0) is 35.2 Å². The van der Waals surface area contributed by atoms with E-state index in [-0.39, 0.29) is 29.4 Å². The van der Waals surface area contributed by atoms with Gasteiger partial charge >= 0.3 is 0 Å². The van der Waals surface area contributed by atoms with Gasteiger partial charge in [0.15, 0.2) is 5.69 Å². The lowest BCUT2D eigenvalue weighted by Crippen LogP contribution is -2.62. The molecule has 6 heteroatoms. The minimum Gasteiger partial charge on any atom is -0.378 e. The lowest BCUT2D eigenvalue weighted by atomic mass is 9.63. The molecule has 0 aromatic carbocycles. The topological polar surface area (TPSA) is 58.2 Å². The molecule has 2 atom stereocenters. The van der Waals surface area contributed by atoms with E-state index in [1.807, 2.05) is 14.0 Å². The maximum Gasteiger partial charge on any atom is 0.275 e. The van der Waals surface area contributed by atoms with Crippen molar-refractivity contribution in [2.24, 2.45) is 5.41 Å². The summed E-state index contributed by atoms with van der Waals surface area (Å²) in [6, 6.07) is 0.169. The number of nitrogens with one attached hydrogen (secondary N) is 1. The van der Waals surface area contributed by atoms with E-state index in [9.17, 15) is 4.79 Å². The fourth-order valence-corrected chi connectivity index (χ4v) is 3.99. The number of ether oxygens (including phenoxy) is 1. The highest BCUT2D eigenvalue weighted by Crippen LogP contribution is 2.45. The first-order chi connectivity index (χ1) is 10.2. The van der Waals surface area contributed by atoms with Crippen LogP contribution in [0.3, 0.4) is 0 Å². The zero-order chi connectivity index (χ0) is 16.7. The Morgan fingerprint density at radius 2 is 2.18 bits per heavy atom. The van der Waals surface area contributed by atoms with Crippen LogP contribution in [-0.2, 0) is 4.74 Å². The Bertz CT molecular complexity index is 554. The van der Waals surface area contributed by atoms with Crippen molar-refractivity contribution < 1.29 is 9.53 Å². The van der Waals surface area contributed by atoms with E-state index in [4.69, 9.17) is 4.74 Å². The average molecular weight is 372 g/mol. The Hall–Kier alpha value is -0.880. The fourth-order valence-electron chi connectivity index (χ4n) is 3.18. The molecule has 0 radical (unpaired) electrons. The minimum atomic E-state index is -0.0527. The van der Waals surface area contributed by atoms with E-state index < -0.39 is 0 Å². The molecule has 0 spiro atoms. The van der Waals surface area contributed by atoms with Gasteiger partial charge in [-0.15, -0.1) is 0 Å². The average Bonchev–Trinajstić information content (AvgIpc) is 2.83. The molecule has 0 bridgehead atoms. The Morgan fingerprint density at radius 1 is 1.55 bits per heavy atom. The second-order valence-corrected chi connectivity index (χ2v) is 7.68. The summed E-state index contributed by atoms with van der Waals surface area (Å²) in [5.74, 6) is 0.235. The van der Waals surface area contributed by atoms with Crippen LogP contribution in [0.4, 0.5) is 0 Å². The number of rotatable bonds is 5. The largest absolute Gasteiger partial charge is 0.378 e. The summed E-state index contributed by atoms with van der Waals surface area (Å²) in [7, 11) is 1.85. The van der Waals surface area contributed by atoms with Crippen molar-refractivity contribution >= 4 is 21.8 Å². The van der Waals surface area contributed by atoms with Crippen molar-refractivity contribution in [3.05, 3.63) is 15.9 Å². The highest BCUT2D eigenvalue weighted by molar-refractivity contribution is 9.10. The van der Waals surface area contributed by atoms with Crippen molar-refractivity contribution in [1.82, 2.24) is 15.1 Å². The Balaban J connectivity index is 2.14. The molecule has 5 nitrogen and oxygen atoms in total. The Morgan fingerprint density at radius 3 is 2.64 bits per heavy atom. The van der Waals surface area contributed by atoms with Crippen LogP contribution < -0.4 is 0 Å². The summed E-state index contributed by atoms with van der Waals surface area (Å²) in [6.07, 6.45) is 1.09. The van der Waals surface area contributed by atoms with Crippen molar-refractivity contribution in [3.63, 3.8) is 0 Å². The third-order valence-corrected chi connectivity index (χ3v) is 5.60. The number of H-pyrrole nitrogens is 1. The maximum absolute atomic E-state index is 12.8. The summed E-state index contributed by atoms with van der Waals surface area (Å²) in [5.41, 5.74) is 1.38. The summed E-state index contributed by atoms with van der Waals surface area (Å²) in [4.78, 5) is 14.6. The summed E-state index contributed by atoms with van der Waals surface area (Å²) < 4.78 is 6.52. The lowest BCUT2D eigenvalue weighted by molar-refractivity contribution is -0.136. The van der Waals surface area contributed by atoms with Crippen LogP contribution >= 0.6 is 15.9 Å². The predicted molar refractivity (Wildman–Crippen MR) is 90.1 cm³/mol. The van der Waals surface area contributed by atoms with Gasteiger partial charge in [-0.3, -0.25) is 9.89 Å². The molecule has 0 aliphatic heterocycles. The van der Waals surface area contributed by atoms with Crippen LogP contribution in [-0.4, -0.2) is 46.8 Å². The number of aromatic amines is 1. The Labute approximate surface area is 140 Å². The minimum absolute atomic E-state index is 0.0376. The van der Waals surface area contributed by atoms with Crippen molar-refractivity contribution in [2.75, 3.05) is 13.7 Å². The zero-order valence-electron chi connectivity index (χ0n) is 14.2. The van der Waals surface area contributed by atoms with E-state index in [2.05, 4.69) is 53.8 Å². The number of amides is 1. The highest BCUT2D eigenvalue weighted by Gasteiger charge is 2.52. The van der Waals surface area contributed by atoms with Crippen molar-refractivity contribution in [2.45, 2.75) is 59.1 Å². The Kier molecular flexibility index (Phi) is 5.02. The molecule has 1 aromatic rings. The van der Waals surface area contributed by atoms with Crippen LogP contribution in [0.25, 0.3) is 0 Å². The van der Waals surface area contributed by atoms with Gasteiger partial charge in [0.05, 0.1) is 16.3 Å². The molecule has 22 heavy (non-hydrogen) atoms. The molecule has 0 saturated heterocycles. The van der Waals surface area contributed by atoms with Gasteiger partial charge in [-0.25, -0.2) is 0 Å². The van der Waals surface area contributed by atoms with Gasteiger partial charge in [0, 0.05) is 25.1 Å². The standard InChI is InChI=1S/C16H26BrN3O2/c1-7-22-11-8-10(16(11,4)5)20(6)15(21)14-12(17)13(9(2)3)18-19-14/h9-11H,7-8H2,1-6H3,(H,18,19)/t10-,11-/m1/s1. The molecule has 1 amide bonds. The van der Waals surface area contributed by atoms with Gasteiger partial charge in [0.25, 0.3) is 5.91 Å². The number of hydrogen-bond donors (Lipinski definition) is 1. The van der Waals surface area contributed by atoms with Gasteiger partial charge in [0.1, 0.15) is 0 Å². The smallest absolute Gasteiger partial charge is 0.275 e. The fraction of sp³-hybridized carbons (Fsp3) is 0.750. The first-order valence-corrected chi connectivity index (χ1v) is 8.63. The van der Waals surface area contributed by atoms with E-state index in [1.165, 1.54) is 0 Å². The zero-order valence-corrected chi connectivity index (χ0v) is 15.8. The van der Waals surface area contributed by atoms with Crippen LogP contribution in [0.15, 0.2) is 4.47 Å².